The molecule has 1 aliphatic carbocycles. The summed E-state index contributed by atoms with van der Waals surface area (Å²) >= 11 is 0. The van der Waals surface area contributed by atoms with Gasteiger partial charge >= 0.3 is 12.2 Å². The van der Waals surface area contributed by atoms with Crippen molar-refractivity contribution in [3.8, 4) is 5.75 Å². The third kappa shape index (κ3) is 23.5. The number of ether oxygens (including phenoxy) is 2. The Bertz CT molecular complexity index is 3160. The van der Waals surface area contributed by atoms with E-state index in [1.165, 1.54) is 40.6 Å². The maximum atomic E-state index is 15.2. The van der Waals surface area contributed by atoms with Gasteiger partial charge in [-0.05, 0) is 123 Å². The van der Waals surface area contributed by atoms with E-state index in [0.29, 0.717) is 28.1 Å². The van der Waals surface area contributed by atoms with Gasteiger partial charge in [-0.2, -0.15) is 0 Å². The number of nitrogens with zero attached hydrogens (tertiary/aromatic N) is 1. The number of aromatic nitrogens is 1. The van der Waals surface area contributed by atoms with Crippen LogP contribution in [0.5, 0.6) is 5.75 Å². The molecule has 1 aromatic heterocycles. The number of pyridine rings is 1. The lowest BCUT2D eigenvalue weighted by atomic mass is 9.90. The molecule has 0 bridgehead atoms. The number of alkyl carbamates (subject to hydrolysis) is 2. The molecule has 0 spiro atoms. The highest BCUT2D eigenvalue weighted by molar-refractivity contribution is 8.77. The Labute approximate surface area is 538 Å². The maximum absolute atomic E-state index is 15.2. The molecule has 4 aromatic rings. The second-order valence-electron chi connectivity index (χ2n) is 22.4. The number of hydrogen-bond acceptors (Lipinski definition) is 19. The van der Waals surface area contributed by atoms with Crippen LogP contribution in [0.1, 0.15) is 82.1 Å². The van der Waals surface area contributed by atoms with Crippen molar-refractivity contribution < 1.29 is 67.6 Å². The molecular weight excluding hydrogens is 1240 g/mol. The number of carbonyl (C=O) groups is 10. The number of aliphatic hydroxyl groups is 1. The number of hydrogen-bond donors (Lipinski definition) is 11. The Hall–Kier alpha value is -7.79. The van der Waals surface area contributed by atoms with Gasteiger partial charge in [0.15, 0.2) is 5.78 Å². The molecule has 28 heteroatoms. The lowest BCUT2D eigenvalue weighted by Crippen LogP contribution is -2.61. The summed E-state index contributed by atoms with van der Waals surface area (Å²) in [6.45, 7) is 6.44. The monoisotopic (exact) mass is 1310 g/mol. The van der Waals surface area contributed by atoms with Gasteiger partial charge in [0.05, 0.1) is 19.3 Å². The molecule has 3 aromatic carbocycles. The predicted octanol–water partition coefficient (Wildman–Crippen LogP) is 4.21. The third-order valence-corrected chi connectivity index (χ3v) is 18.8. The van der Waals surface area contributed by atoms with Gasteiger partial charge in [-0.25, -0.2) is 14.6 Å². The summed E-state index contributed by atoms with van der Waals surface area (Å²) < 4.78 is 10.2. The molecule has 1 fully saturated rings. The van der Waals surface area contributed by atoms with E-state index in [-0.39, 0.29) is 68.1 Å². The largest absolute Gasteiger partial charge is 0.508 e. The number of aliphatic hydroxyl groups excluding tert-OH is 1. The molecule has 90 heavy (non-hydrogen) atoms. The summed E-state index contributed by atoms with van der Waals surface area (Å²) in [6, 6.07) is 17.2. The van der Waals surface area contributed by atoms with E-state index in [0.717, 1.165) is 39.8 Å². The molecule has 6 rings (SSSR count). The summed E-state index contributed by atoms with van der Waals surface area (Å²) in [5.41, 5.74) is 8.64. The fraction of sp³-hybridized carbons (Fsp3) is 0.435. The van der Waals surface area contributed by atoms with Gasteiger partial charge in [-0.1, -0.05) is 111 Å². The number of nitrogens with one attached hydrogen (secondary N) is 8. The summed E-state index contributed by atoms with van der Waals surface area (Å²) in [6.07, 6.45) is 0.305. The smallest absolute Gasteiger partial charge is 0.407 e. The van der Waals surface area contributed by atoms with Gasteiger partial charge in [0.1, 0.15) is 52.6 Å². The molecule has 484 valence electrons. The molecule has 0 unspecified atom stereocenters. The van der Waals surface area contributed by atoms with E-state index in [9.17, 15) is 43.8 Å². The lowest BCUT2D eigenvalue weighted by Gasteiger charge is -2.29. The molecule has 2 heterocycles. The van der Waals surface area contributed by atoms with Crippen molar-refractivity contribution in [3.05, 3.63) is 132 Å². The quantitative estimate of drug-likeness (QED) is 0.0388. The summed E-state index contributed by atoms with van der Waals surface area (Å²) in [4.78, 5) is 146. The van der Waals surface area contributed by atoms with Crippen molar-refractivity contribution >= 4 is 108 Å². The number of nitrogens with two attached hydrogens (primary N) is 1. The molecule has 9 amide bonds. The van der Waals surface area contributed by atoms with Crippen LogP contribution in [0.4, 0.5) is 9.59 Å². The zero-order valence-electron chi connectivity index (χ0n) is 50.5. The number of methoxy groups -OCH3 is 1. The van der Waals surface area contributed by atoms with E-state index in [1.54, 1.807) is 87.6 Å². The van der Waals surface area contributed by atoms with Crippen LogP contribution in [0, 0.1) is 5.92 Å². The van der Waals surface area contributed by atoms with Gasteiger partial charge in [0.2, 0.25) is 41.4 Å². The van der Waals surface area contributed by atoms with Crippen molar-refractivity contribution in [1.82, 2.24) is 47.5 Å². The Morgan fingerprint density at radius 1 is 0.767 bits per heavy atom. The number of phenols is 1. The average molecular weight is 1320 g/mol. The van der Waals surface area contributed by atoms with Crippen LogP contribution < -0.4 is 48.3 Å². The van der Waals surface area contributed by atoms with Crippen LogP contribution in [-0.4, -0.2) is 159 Å². The Morgan fingerprint density at radius 2 is 1.46 bits per heavy atom. The number of allylic oxidation sites excluding steroid dienone is 1. The van der Waals surface area contributed by atoms with Crippen LogP contribution in [0.15, 0.2) is 114 Å². The number of primary amides is 1. The number of rotatable bonds is 22. The van der Waals surface area contributed by atoms with Crippen molar-refractivity contribution in [2.75, 3.05) is 30.9 Å². The molecule has 0 radical (unpaired) electrons. The normalized spacial score (nSPS) is 20.6. The number of ketones is 1. The highest BCUT2D eigenvalue weighted by atomic mass is 33.1. The lowest BCUT2D eigenvalue weighted by molar-refractivity contribution is -0.137. The third-order valence-electron chi connectivity index (χ3n) is 14.2. The van der Waals surface area contributed by atoms with Crippen molar-refractivity contribution in [2.24, 2.45) is 11.7 Å². The van der Waals surface area contributed by atoms with Crippen molar-refractivity contribution in [3.63, 3.8) is 0 Å². The number of amides is 9. The molecule has 1 saturated heterocycles. The molecule has 1 aliphatic heterocycles. The van der Waals surface area contributed by atoms with Crippen LogP contribution in [0.25, 0.3) is 5.57 Å². The van der Waals surface area contributed by atoms with E-state index in [4.69, 9.17) is 15.2 Å². The molecular formula is C62H78N10O14S4. The van der Waals surface area contributed by atoms with Crippen LogP contribution in [-0.2, 0) is 67.1 Å². The molecule has 9 atom stereocenters. The molecule has 24 nitrogen and oxygen atoms in total. The first-order valence-corrected chi connectivity index (χ1v) is 33.9. The van der Waals surface area contributed by atoms with Gasteiger partial charge in [0, 0.05) is 55.2 Å². The summed E-state index contributed by atoms with van der Waals surface area (Å²) in [5.74, 6) is -8.80. The van der Waals surface area contributed by atoms with E-state index < -0.39 is 126 Å². The fourth-order valence-corrected chi connectivity index (χ4v) is 13.9. The van der Waals surface area contributed by atoms with Gasteiger partial charge in [0.25, 0.3) is 0 Å². The number of phenolic OH excluding ortho intramolecular Hbond substituents is 1. The first-order valence-electron chi connectivity index (χ1n) is 29.1. The number of unbranched alkanes of at least 4 members (excludes halogenated alkanes) is 1. The van der Waals surface area contributed by atoms with E-state index >= 15 is 14.4 Å². The summed E-state index contributed by atoms with van der Waals surface area (Å²) in [7, 11) is 5.47. The summed E-state index contributed by atoms with van der Waals surface area (Å²) in [5, 5.41) is 43.5. The second kappa shape index (κ2) is 35.6. The standard InChI is InChI=1S/C62H78N10O14S4/c1-36(73)52-59(82)70-49(58(81)69-48(53(63)76)34-89-90-51-20-12-14-27-64-51)35-88-87-33-47(68-56(79)45(71-61(84)85-5)30-37-15-7-6-8-16-37)50(75)32-41(29-38-21-25-42(74)26-22-38)54(77)67-46(31-40-24-23-39-17-9-10-18-43(39)40)57(80)66-44(55(78)72-52)19-11-13-28-65-60(83)86-62(2,3)4/h6-10,12,14-18,20-22,24-27,36,41,44-49,52,73-74H,11,13,19,23,28-35H2,1-5H3,(H2,63,76)(H,65,83)(H,66,80)(H,67,77)(H,68,79)(H,69,81)(H,70,82)(H,71,84)(H,72,78)/t36-,41-,44+,45-,46-,47+,48+,49+,52+/m1/s1. The van der Waals surface area contributed by atoms with Crippen LogP contribution >= 0.6 is 43.2 Å². The number of benzene rings is 3. The van der Waals surface area contributed by atoms with E-state index in [2.05, 4.69) is 47.5 Å². The minimum Gasteiger partial charge on any atom is -0.508 e. The Kier molecular flexibility index (Phi) is 28.2. The second-order valence-corrected chi connectivity index (χ2v) is 27.3. The Balaban J connectivity index is 1.40. The molecule has 0 saturated carbocycles. The highest BCUT2D eigenvalue weighted by Crippen LogP contribution is 2.32. The molecule has 12 N–H and O–H groups in total. The molecule has 2 aliphatic rings. The minimum absolute atomic E-state index is 0.0377. The number of carbonyl (C=O) groups excluding carboxylic acids is 10. The highest BCUT2D eigenvalue weighted by Gasteiger charge is 2.38. The zero-order valence-corrected chi connectivity index (χ0v) is 53.8. The van der Waals surface area contributed by atoms with Crippen LogP contribution in [0.2, 0.25) is 0 Å². The van der Waals surface area contributed by atoms with E-state index in [1.807, 2.05) is 30.3 Å². The Morgan fingerprint density at radius 3 is 2.14 bits per heavy atom. The number of fused-ring (bicyclic) bond motifs is 1. The fourth-order valence-electron chi connectivity index (χ4n) is 9.45. The average Bonchev–Trinajstić information content (AvgIpc) is 2.21. The van der Waals surface area contributed by atoms with Crippen molar-refractivity contribution in [2.45, 2.75) is 138 Å². The first-order chi connectivity index (χ1) is 43.0. The van der Waals surface area contributed by atoms with Crippen LogP contribution in [0.3, 0.4) is 0 Å². The first kappa shape index (κ1) is 71.3. The van der Waals surface area contributed by atoms with Gasteiger partial charge in [-0.3, -0.25) is 38.4 Å². The van der Waals surface area contributed by atoms with Crippen molar-refractivity contribution in [1.29, 1.82) is 0 Å². The number of Topliss-reactive ketones (excluding diaryl/α,β-unsaturated/α-hetero) is 1. The zero-order chi connectivity index (χ0) is 65.3. The SMILES string of the molecule is COC(=O)N[C@H](Cc1ccccc1)C(=O)N[C@H]1CSSC[C@@H](C(=O)N[C@@H](CSSc2ccccn2)C(N)=O)NC(=O)[C@H]([C@@H](C)O)NC(=O)[C@H](CCCCNC(=O)OC(C)(C)C)NC(=O)[C@@H](CC2=CCc3ccccc32)NC(=O)[C@H](Cc2ccc(O)cc2)CC1=O. The van der Waals surface area contributed by atoms with Gasteiger partial charge in [-0.15, -0.1) is 0 Å². The van der Waals surface area contributed by atoms with Gasteiger partial charge < -0.3 is 68.0 Å². The topological polar surface area (TPSA) is 365 Å². The maximum Gasteiger partial charge on any atom is 0.407 e. The minimum atomic E-state index is -1.78. The number of aromatic hydroxyl groups is 1. The predicted molar refractivity (Wildman–Crippen MR) is 345 cm³/mol.